The Hall–Kier alpha value is -2.48. The number of nitrogens with two attached hydrogens (primary N) is 1. The Kier molecular flexibility index (Phi) is 5.57. The van der Waals surface area contributed by atoms with Crippen molar-refractivity contribution in [2.24, 2.45) is 0 Å². The number of hydrogen-bond donors (Lipinski definition) is 1. The summed E-state index contributed by atoms with van der Waals surface area (Å²) < 4.78 is 13.5. The number of pyridine rings is 1. The van der Waals surface area contributed by atoms with E-state index in [1.54, 1.807) is 6.20 Å². The molecule has 28 heavy (non-hydrogen) atoms. The van der Waals surface area contributed by atoms with Crippen LogP contribution in [0.1, 0.15) is 19.8 Å². The van der Waals surface area contributed by atoms with Gasteiger partial charge < -0.3 is 10.3 Å². The number of benzene rings is 1. The number of hydrogen-bond acceptors (Lipinski definition) is 6. The molecule has 142 valence electrons. The van der Waals surface area contributed by atoms with Gasteiger partial charge in [0.15, 0.2) is 0 Å². The van der Waals surface area contributed by atoms with Crippen molar-refractivity contribution < 1.29 is 4.55 Å². The number of aromatic nitrogens is 3. The molecule has 0 aliphatic heterocycles. The molecule has 7 heteroatoms. The molecule has 5 nitrogen and oxygen atoms in total. The molecule has 0 saturated carbocycles. The molecule has 1 unspecified atom stereocenters. The first-order valence-corrected chi connectivity index (χ1v) is 11.3. The number of fused-ring (bicyclic) bond motifs is 1. The van der Waals surface area contributed by atoms with Crippen LogP contribution in [-0.2, 0) is 11.2 Å². The topological polar surface area (TPSA) is 87.8 Å². The van der Waals surface area contributed by atoms with E-state index in [9.17, 15) is 4.55 Å². The summed E-state index contributed by atoms with van der Waals surface area (Å²) in [5.41, 5.74) is 10.6. The molecule has 0 amide bonds. The fraction of sp³-hybridized carbons (Fsp3) is 0.190. The van der Waals surface area contributed by atoms with Gasteiger partial charge >= 0.3 is 0 Å². The van der Waals surface area contributed by atoms with Gasteiger partial charge in [-0.15, -0.1) is 0 Å². The third kappa shape index (κ3) is 3.61. The van der Waals surface area contributed by atoms with E-state index < -0.39 is 11.2 Å². The summed E-state index contributed by atoms with van der Waals surface area (Å²) in [5.74, 6) is 0.618. The van der Waals surface area contributed by atoms with E-state index in [2.05, 4.69) is 16.9 Å². The Bertz CT molecular complexity index is 1080. The van der Waals surface area contributed by atoms with Crippen molar-refractivity contribution in [3.8, 4) is 22.5 Å². The van der Waals surface area contributed by atoms with Crippen LogP contribution >= 0.6 is 11.3 Å². The number of rotatable bonds is 6. The maximum absolute atomic E-state index is 12.8. The lowest BCUT2D eigenvalue weighted by molar-refractivity contribution is 0.594. The molecule has 0 saturated heterocycles. The van der Waals surface area contributed by atoms with Crippen molar-refractivity contribution in [1.82, 2.24) is 15.0 Å². The lowest BCUT2D eigenvalue weighted by atomic mass is 10.0. The number of nitrogen functional groups attached to an aromatic ring is 1. The van der Waals surface area contributed by atoms with Crippen LogP contribution < -0.4 is 5.73 Å². The molecule has 0 fully saturated rings. The smallest absolute Gasteiger partial charge is 0.232 e. The molecule has 0 aliphatic rings. The first-order valence-electron chi connectivity index (χ1n) is 9.12. The SMILES string of the molecule is CCCC[S+]([O-])c1sc2nc(-c3ccncn3)cc(-c3ccccc3)c2c1N. The number of nitrogens with zero attached hydrogens (tertiary/aromatic N) is 3. The van der Waals surface area contributed by atoms with E-state index in [0.29, 0.717) is 15.6 Å². The molecular formula is C21H20N4OS2. The van der Waals surface area contributed by atoms with Crippen molar-refractivity contribution in [2.75, 3.05) is 11.5 Å². The van der Waals surface area contributed by atoms with Gasteiger partial charge in [-0.05, 0) is 40.9 Å². The van der Waals surface area contributed by atoms with E-state index in [-0.39, 0.29) is 0 Å². The monoisotopic (exact) mass is 408 g/mol. The summed E-state index contributed by atoms with van der Waals surface area (Å²) in [4.78, 5) is 13.9. The minimum atomic E-state index is -1.12. The van der Waals surface area contributed by atoms with Crippen molar-refractivity contribution in [3.63, 3.8) is 0 Å². The first-order chi connectivity index (χ1) is 13.7. The molecule has 1 atom stereocenters. The minimum absolute atomic E-state index is 0.579. The van der Waals surface area contributed by atoms with E-state index in [1.807, 2.05) is 42.5 Å². The van der Waals surface area contributed by atoms with Crippen LogP contribution in [0.25, 0.3) is 32.7 Å². The number of thiophene rings is 1. The molecule has 0 bridgehead atoms. The van der Waals surface area contributed by atoms with E-state index in [4.69, 9.17) is 10.7 Å². The number of unbranched alkanes of at least 4 members (excludes halogenated alkanes) is 1. The van der Waals surface area contributed by atoms with Gasteiger partial charge in [-0.2, -0.15) is 0 Å². The van der Waals surface area contributed by atoms with Crippen molar-refractivity contribution in [3.05, 3.63) is 55.0 Å². The molecule has 0 spiro atoms. The highest BCUT2D eigenvalue weighted by Gasteiger charge is 2.24. The molecule has 1 aromatic carbocycles. The normalized spacial score (nSPS) is 12.4. The zero-order valence-electron chi connectivity index (χ0n) is 15.5. The van der Waals surface area contributed by atoms with Gasteiger partial charge in [-0.3, -0.25) is 0 Å². The van der Waals surface area contributed by atoms with Crippen LogP contribution in [0.2, 0.25) is 0 Å². The first kappa shape index (κ1) is 18.9. The third-order valence-electron chi connectivity index (χ3n) is 4.48. The van der Waals surface area contributed by atoms with E-state index in [1.165, 1.54) is 17.7 Å². The molecule has 3 heterocycles. The predicted molar refractivity (Wildman–Crippen MR) is 117 cm³/mol. The Labute approximate surface area is 170 Å². The highest BCUT2D eigenvalue weighted by Crippen LogP contribution is 2.43. The Balaban J connectivity index is 1.94. The Morgan fingerprint density at radius 3 is 2.68 bits per heavy atom. The minimum Gasteiger partial charge on any atom is -0.611 e. The summed E-state index contributed by atoms with van der Waals surface area (Å²) in [5, 5.41) is 0.869. The summed E-state index contributed by atoms with van der Waals surface area (Å²) in [6.07, 6.45) is 5.12. The lowest BCUT2D eigenvalue weighted by Crippen LogP contribution is -2.06. The molecule has 2 N–H and O–H groups in total. The summed E-state index contributed by atoms with van der Waals surface area (Å²) in [6.45, 7) is 2.09. The van der Waals surface area contributed by atoms with Gasteiger partial charge in [0.1, 0.15) is 22.6 Å². The lowest BCUT2D eigenvalue weighted by Gasteiger charge is -2.09. The van der Waals surface area contributed by atoms with Crippen LogP contribution in [0.3, 0.4) is 0 Å². The van der Waals surface area contributed by atoms with Gasteiger partial charge in [0.25, 0.3) is 0 Å². The third-order valence-corrected chi connectivity index (χ3v) is 7.48. The van der Waals surface area contributed by atoms with Crippen molar-refractivity contribution >= 4 is 38.4 Å². The van der Waals surface area contributed by atoms with Crippen LogP contribution in [0.5, 0.6) is 0 Å². The Morgan fingerprint density at radius 1 is 1.14 bits per heavy atom. The van der Waals surface area contributed by atoms with Gasteiger partial charge in [0, 0.05) is 11.6 Å². The maximum atomic E-state index is 12.8. The van der Waals surface area contributed by atoms with Crippen LogP contribution in [0.4, 0.5) is 5.69 Å². The Morgan fingerprint density at radius 2 is 1.96 bits per heavy atom. The van der Waals surface area contributed by atoms with Gasteiger partial charge in [0.05, 0.1) is 11.4 Å². The van der Waals surface area contributed by atoms with E-state index >= 15 is 0 Å². The second kappa shape index (κ2) is 8.26. The second-order valence-electron chi connectivity index (χ2n) is 6.40. The average molecular weight is 409 g/mol. The predicted octanol–water partition coefficient (Wildman–Crippen LogP) is 4.91. The summed E-state index contributed by atoms with van der Waals surface area (Å²) >= 11 is 0.305. The highest BCUT2D eigenvalue weighted by molar-refractivity contribution is 7.93. The number of anilines is 1. The van der Waals surface area contributed by atoms with Crippen molar-refractivity contribution in [2.45, 2.75) is 24.0 Å². The fourth-order valence-electron chi connectivity index (χ4n) is 3.06. The zero-order valence-corrected chi connectivity index (χ0v) is 17.1. The molecular weight excluding hydrogens is 388 g/mol. The molecule has 4 aromatic rings. The van der Waals surface area contributed by atoms with E-state index in [0.717, 1.165) is 45.6 Å². The maximum Gasteiger partial charge on any atom is 0.232 e. The quantitative estimate of drug-likeness (QED) is 0.458. The summed E-state index contributed by atoms with van der Waals surface area (Å²) in [7, 11) is 0. The van der Waals surface area contributed by atoms with Gasteiger partial charge in [0.2, 0.25) is 4.21 Å². The standard InChI is InChI=1S/C21H20N4OS2/c1-2-3-11-28(26)21-19(22)18-15(14-7-5-4-6-8-14)12-17(25-20(18)27-21)16-9-10-23-13-24-16/h4-10,12-13H,2-3,11,22H2,1H3. The largest absolute Gasteiger partial charge is 0.611 e. The average Bonchev–Trinajstić information content (AvgIpc) is 3.09. The molecule has 3 aromatic heterocycles. The zero-order chi connectivity index (χ0) is 19.5. The van der Waals surface area contributed by atoms with Crippen LogP contribution in [0.15, 0.2) is 59.2 Å². The molecule has 0 aliphatic carbocycles. The fourth-order valence-corrected chi connectivity index (χ4v) is 5.85. The van der Waals surface area contributed by atoms with Gasteiger partial charge in [-0.1, -0.05) is 55.0 Å². The van der Waals surface area contributed by atoms with Gasteiger partial charge in [-0.25, -0.2) is 15.0 Å². The second-order valence-corrected chi connectivity index (χ2v) is 9.17. The molecule has 0 radical (unpaired) electrons. The van der Waals surface area contributed by atoms with Crippen LogP contribution in [-0.4, -0.2) is 25.3 Å². The highest BCUT2D eigenvalue weighted by atomic mass is 32.2. The van der Waals surface area contributed by atoms with Crippen molar-refractivity contribution in [1.29, 1.82) is 0 Å². The van der Waals surface area contributed by atoms with Crippen LogP contribution in [0, 0.1) is 0 Å². The molecule has 4 rings (SSSR count). The summed E-state index contributed by atoms with van der Waals surface area (Å²) in [6, 6.07) is 13.9.